The van der Waals surface area contributed by atoms with Crippen molar-refractivity contribution in [3.8, 4) is 0 Å². The average molecular weight is 280 g/mol. The number of hydrogen-bond donors (Lipinski definition) is 1. The first-order valence-electron chi connectivity index (χ1n) is 7.70. The van der Waals surface area contributed by atoms with Crippen LogP contribution in [0.25, 0.3) is 0 Å². The van der Waals surface area contributed by atoms with E-state index >= 15 is 0 Å². The molecule has 0 bridgehead atoms. The van der Waals surface area contributed by atoms with Crippen molar-refractivity contribution in [2.75, 3.05) is 26.8 Å². The molecule has 2 heterocycles. The average Bonchev–Trinajstić information content (AvgIpc) is 2.87. The predicted molar refractivity (Wildman–Crippen MR) is 80.6 cm³/mol. The Hall–Kier alpha value is -0.840. The summed E-state index contributed by atoms with van der Waals surface area (Å²) in [4.78, 5) is 2.40. The van der Waals surface area contributed by atoms with Gasteiger partial charge in [0.25, 0.3) is 0 Å². The van der Waals surface area contributed by atoms with Crippen LogP contribution in [0.15, 0.2) is 16.7 Å². The Morgan fingerprint density at radius 2 is 2.10 bits per heavy atom. The van der Waals surface area contributed by atoms with Gasteiger partial charge in [0.1, 0.15) is 5.76 Å². The molecule has 0 unspecified atom stereocenters. The molecule has 1 saturated heterocycles. The van der Waals surface area contributed by atoms with Gasteiger partial charge in [-0.25, -0.2) is 0 Å². The van der Waals surface area contributed by atoms with Crippen molar-refractivity contribution >= 4 is 0 Å². The third-order valence-corrected chi connectivity index (χ3v) is 3.91. The summed E-state index contributed by atoms with van der Waals surface area (Å²) in [5, 5.41) is 3.48. The zero-order chi connectivity index (χ0) is 14.4. The summed E-state index contributed by atoms with van der Waals surface area (Å²) in [5.74, 6) is 1.77. The van der Waals surface area contributed by atoms with Crippen LogP contribution >= 0.6 is 0 Å². The highest BCUT2D eigenvalue weighted by Gasteiger charge is 2.20. The molecule has 0 saturated carbocycles. The summed E-state index contributed by atoms with van der Waals surface area (Å²) in [7, 11) is 2.18. The number of ether oxygens (including phenoxy) is 1. The highest BCUT2D eigenvalue weighted by molar-refractivity contribution is 5.16. The van der Waals surface area contributed by atoms with Gasteiger partial charge in [0.05, 0.1) is 12.8 Å². The van der Waals surface area contributed by atoms with E-state index in [0.29, 0.717) is 12.0 Å². The smallest absolute Gasteiger partial charge is 0.122 e. The van der Waals surface area contributed by atoms with Crippen LogP contribution in [0.5, 0.6) is 0 Å². The molecular weight excluding hydrogens is 252 g/mol. The van der Waals surface area contributed by atoms with Gasteiger partial charge < -0.3 is 14.5 Å². The SMILES string of the molecule is CC(C)CNCc1ccoc1CN(C)C1CCOCC1. The summed E-state index contributed by atoms with van der Waals surface area (Å²) in [6.45, 7) is 9.04. The van der Waals surface area contributed by atoms with Crippen LogP contribution in [0.3, 0.4) is 0 Å². The molecular formula is C16H28N2O2. The molecule has 0 spiro atoms. The second kappa shape index (κ2) is 7.81. The molecule has 1 aromatic rings. The Labute approximate surface area is 122 Å². The Morgan fingerprint density at radius 1 is 1.35 bits per heavy atom. The Morgan fingerprint density at radius 3 is 2.80 bits per heavy atom. The molecule has 1 aliphatic rings. The fraction of sp³-hybridized carbons (Fsp3) is 0.750. The molecule has 0 amide bonds. The Balaban J connectivity index is 1.84. The van der Waals surface area contributed by atoms with Crippen LogP contribution in [-0.4, -0.2) is 37.7 Å². The first kappa shape index (κ1) is 15.5. The van der Waals surface area contributed by atoms with Crippen LogP contribution in [0.4, 0.5) is 0 Å². The standard InChI is InChI=1S/C16H28N2O2/c1-13(2)10-17-11-14-4-9-20-16(14)12-18(3)15-5-7-19-8-6-15/h4,9,13,15,17H,5-8,10-12H2,1-3H3. The molecule has 0 aromatic carbocycles. The fourth-order valence-corrected chi connectivity index (χ4v) is 2.64. The molecule has 20 heavy (non-hydrogen) atoms. The highest BCUT2D eigenvalue weighted by Crippen LogP contribution is 2.18. The van der Waals surface area contributed by atoms with E-state index in [1.807, 2.05) is 0 Å². The number of rotatable bonds is 7. The molecule has 1 fully saturated rings. The maximum atomic E-state index is 5.67. The summed E-state index contributed by atoms with van der Waals surface area (Å²) in [5.41, 5.74) is 1.28. The minimum Gasteiger partial charge on any atom is -0.468 e. The molecule has 0 atom stereocenters. The van der Waals surface area contributed by atoms with Gasteiger partial charge in [0, 0.05) is 31.4 Å². The van der Waals surface area contributed by atoms with Crippen LogP contribution < -0.4 is 5.32 Å². The monoisotopic (exact) mass is 280 g/mol. The minimum absolute atomic E-state index is 0.616. The van der Waals surface area contributed by atoms with Crippen molar-refractivity contribution < 1.29 is 9.15 Å². The number of nitrogens with zero attached hydrogens (tertiary/aromatic N) is 1. The topological polar surface area (TPSA) is 37.6 Å². The van der Waals surface area contributed by atoms with E-state index in [9.17, 15) is 0 Å². The van der Waals surface area contributed by atoms with Crippen LogP contribution in [-0.2, 0) is 17.8 Å². The van der Waals surface area contributed by atoms with Crippen molar-refractivity contribution in [3.63, 3.8) is 0 Å². The van der Waals surface area contributed by atoms with E-state index in [1.54, 1.807) is 6.26 Å². The van der Waals surface area contributed by atoms with Gasteiger partial charge in [0.2, 0.25) is 0 Å². The molecule has 4 nitrogen and oxygen atoms in total. The zero-order valence-electron chi connectivity index (χ0n) is 13.0. The lowest BCUT2D eigenvalue weighted by Crippen LogP contribution is -2.36. The van der Waals surface area contributed by atoms with Crippen molar-refractivity contribution in [1.29, 1.82) is 0 Å². The molecule has 1 N–H and O–H groups in total. The second-order valence-corrected chi connectivity index (χ2v) is 6.15. The summed E-state index contributed by atoms with van der Waals surface area (Å²) < 4.78 is 11.1. The van der Waals surface area contributed by atoms with Crippen molar-refractivity contribution in [2.45, 2.75) is 45.8 Å². The molecule has 2 rings (SSSR count). The summed E-state index contributed by atoms with van der Waals surface area (Å²) in [6, 6.07) is 2.70. The second-order valence-electron chi connectivity index (χ2n) is 6.15. The van der Waals surface area contributed by atoms with Crippen molar-refractivity contribution in [3.05, 3.63) is 23.7 Å². The van der Waals surface area contributed by atoms with Crippen LogP contribution in [0.2, 0.25) is 0 Å². The lowest BCUT2D eigenvalue weighted by molar-refractivity contribution is 0.0386. The highest BCUT2D eigenvalue weighted by atomic mass is 16.5. The van der Waals surface area contributed by atoms with Crippen molar-refractivity contribution in [2.24, 2.45) is 5.92 Å². The third kappa shape index (κ3) is 4.62. The zero-order valence-corrected chi connectivity index (χ0v) is 13.0. The van der Waals surface area contributed by atoms with Gasteiger partial charge in [-0.1, -0.05) is 13.8 Å². The number of furan rings is 1. The van der Waals surface area contributed by atoms with E-state index in [4.69, 9.17) is 9.15 Å². The maximum Gasteiger partial charge on any atom is 0.122 e. The fourth-order valence-electron chi connectivity index (χ4n) is 2.64. The van der Waals surface area contributed by atoms with Gasteiger partial charge in [0.15, 0.2) is 0 Å². The van der Waals surface area contributed by atoms with Crippen molar-refractivity contribution in [1.82, 2.24) is 10.2 Å². The first-order chi connectivity index (χ1) is 9.66. The maximum absolute atomic E-state index is 5.67. The minimum atomic E-state index is 0.616. The number of nitrogens with one attached hydrogen (secondary N) is 1. The Bertz CT molecular complexity index is 384. The lowest BCUT2D eigenvalue weighted by atomic mass is 10.1. The normalized spacial score (nSPS) is 17.2. The molecule has 114 valence electrons. The largest absolute Gasteiger partial charge is 0.468 e. The van der Waals surface area contributed by atoms with Gasteiger partial charge >= 0.3 is 0 Å². The first-order valence-corrected chi connectivity index (χ1v) is 7.70. The molecule has 0 aliphatic carbocycles. The van der Waals surface area contributed by atoms with Gasteiger partial charge in [-0.15, -0.1) is 0 Å². The van der Waals surface area contributed by atoms with Crippen LogP contribution in [0.1, 0.15) is 38.0 Å². The Kier molecular flexibility index (Phi) is 6.07. The summed E-state index contributed by atoms with van der Waals surface area (Å²) in [6.07, 6.45) is 4.05. The quantitative estimate of drug-likeness (QED) is 0.833. The van der Waals surface area contributed by atoms with Gasteiger partial charge in [-0.05, 0) is 38.4 Å². The van der Waals surface area contributed by atoms with E-state index in [2.05, 4.69) is 37.2 Å². The van der Waals surface area contributed by atoms with Gasteiger partial charge in [-0.3, -0.25) is 4.90 Å². The molecule has 1 aliphatic heterocycles. The summed E-state index contributed by atoms with van der Waals surface area (Å²) >= 11 is 0. The van der Waals surface area contributed by atoms with E-state index in [1.165, 1.54) is 5.56 Å². The number of hydrogen-bond acceptors (Lipinski definition) is 4. The van der Waals surface area contributed by atoms with Crippen LogP contribution in [0, 0.1) is 5.92 Å². The molecule has 4 heteroatoms. The lowest BCUT2D eigenvalue weighted by Gasteiger charge is -2.30. The van der Waals surface area contributed by atoms with E-state index in [0.717, 1.165) is 51.4 Å². The van der Waals surface area contributed by atoms with Gasteiger partial charge in [-0.2, -0.15) is 0 Å². The third-order valence-electron chi connectivity index (χ3n) is 3.91. The van der Waals surface area contributed by atoms with E-state index < -0.39 is 0 Å². The predicted octanol–water partition coefficient (Wildman–Crippen LogP) is 2.64. The molecule has 0 radical (unpaired) electrons. The van der Waals surface area contributed by atoms with E-state index in [-0.39, 0.29) is 0 Å². The molecule has 1 aromatic heterocycles.